The molecule has 0 heterocycles. The SMILES string of the molecule is CCCCCCCC/C=C\CCCCCCCC(N)(CCCCCCCCCCCC)CCCCCCCCCCCC. The van der Waals surface area contributed by atoms with Crippen LogP contribution in [-0.2, 0) is 0 Å². The lowest BCUT2D eigenvalue weighted by atomic mass is 9.82. The molecule has 0 unspecified atom stereocenters. The Bertz CT molecular complexity index is 499. The Morgan fingerprint density at radius 3 is 0.767 bits per heavy atom. The van der Waals surface area contributed by atoms with Gasteiger partial charge >= 0.3 is 0 Å². The zero-order valence-corrected chi connectivity index (χ0v) is 30.7. The summed E-state index contributed by atoms with van der Waals surface area (Å²) < 4.78 is 0. The summed E-state index contributed by atoms with van der Waals surface area (Å²) >= 11 is 0. The summed E-state index contributed by atoms with van der Waals surface area (Å²) in [5, 5.41) is 0. The molecule has 0 aliphatic rings. The van der Waals surface area contributed by atoms with Gasteiger partial charge in [-0.15, -0.1) is 0 Å². The fourth-order valence-electron chi connectivity index (χ4n) is 6.85. The molecule has 43 heavy (non-hydrogen) atoms. The van der Waals surface area contributed by atoms with Crippen molar-refractivity contribution in [3.8, 4) is 0 Å². The lowest BCUT2D eigenvalue weighted by molar-refractivity contribution is 0.302. The third-order valence-electron chi connectivity index (χ3n) is 9.99. The van der Waals surface area contributed by atoms with E-state index in [1.54, 1.807) is 0 Å². The fourth-order valence-corrected chi connectivity index (χ4v) is 6.85. The van der Waals surface area contributed by atoms with Gasteiger partial charge in [0.2, 0.25) is 0 Å². The van der Waals surface area contributed by atoms with E-state index in [9.17, 15) is 0 Å². The van der Waals surface area contributed by atoms with Crippen molar-refractivity contribution in [1.29, 1.82) is 0 Å². The third kappa shape index (κ3) is 34.4. The summed E-state index contributed by atoms with van der Waals surface area (Å²) in [6.45, 7) is 6.92. The van der Waals surface area contributed by atoms with Crippen LogP contribution in [0.4, 0.5) is 0 Å². The van der Waals surface area contributed by atoms with Crippen molar-refractivity contribution in [1.82, 2.24) is 0 Å². The minimum atomic E-state index is 0.111. The standard InChI is InChI=1S/C42H85N/c1-4-7-10-13-16-19-22-23-24-25-26-29-32-35-38-41-42(43,39-36-33-30-27-20-17-14-11-8-5-2)40-37-34-31-28-21-18-15-12-9-6-3/h23-24H,4-22,25-41,43H2,1-3H3/b24-23-. The smallest absolute Gasteiger partial charge is 0.0154 e. The molecule has 0 spiro atoms. The number of nitrogens with two attached hydrogens (primary N) is 1. The maximum atomic E-state index is 7.16. The Kier molecular flexibility index (Phi) is 35.9. The molecule has 0 amide bonds. The largest absolute Gasteiger partial charge is 0.325 e. The first-order valence-corrected chi connectivity index (χ1v) is 20.6. The van der Waals surface area contributed by atoms with Crippen LogP contribution < -0.4 is 5.73 Å². The van der Waals surface area contributed by atoms with Crippen LogP contribution in [0, 0.1) is 0 Å². The molecule has 0 aromatic rings. The second-order valence-corrected chi connectivity index (χ2v) is 14.6. The topological polar surface area (TPSA) is 26.0 Å². The third-order valence-corrected chi connectivity index (χ3v) is 9.99. The van der Waals surface area contributed by atoms with Crippen LogP contribution in [0.25, 0.3) is 0 Å². The average molecular weight is 604 g/mol. The van der Waals surface area contributed by atoms with Gasteiger partial charge < -0.3 is 5.73 Å². The van der Waals surface area contributed by atoms with Crippen LogP contribution in [0.5, 0.6) is 0 Å². The van der Waals surface area contributed by atoms with Gasteiger partial charge in [-0.25, -0.2) is 0 Å². The monoisotopic (exact) mass is 604 g/mol. The van der Waals surface area contributed by atoms with E-state index in [4.69, 9.17) is 5.73 Å². The highest BCUT2D eigenvalue weighted by atomic mass is 14.7. The second-order valence-electron chi connectivity index (χ2n) is 14.6. The number of allylic oxidation sites excluding steroid dienone is 2. The second kappa shape index (κ2) is 36.2. The van der Waals surface area contributed by atoms with Crippen molar-refractivity contribution in [3.63, 3.8) is 0 Å². The molecule has 0 bridgehead atoms. The highest BCUT2D eigenvalue weighted by Gasteiger charge is 2.23. The van der Waals surface area contributed by atoms with Gasteiger partial charge in [0.1, 0.15) is 0 Å². The number of unbranched alkanes of at least 4 members (excludes halogenated alkanes) is 29. The van der Waals surface area contributed by atoms with E-state index >= 15 is 0 Å². The van der Waals surface area contributed by atoms with Crippen LogP contribution in [-0.4, -0.2) is 5.54 Å². The molecule has 0 rings (SSSR count). The van der Waals surface area contributed by atoms with Gasteiger partial charge in [0.15, 0.2) is 0 Å². The molecule has 0 atom stereocenters. The predicted molar refractivity (Wildman–Crippen MR) is 199 cm³/mol. The van der Waals surface area contributed by atoms with Gasteiger partial charge in [-0.05, 0) is 44.9 Å². The average Bonchev–Trinajstić information content (AvgIpc) is 3.01. The summed E-state index contributed by atoms with van der Waals surface area (Å²) in [5.41, 5.74) is 7.27. The van der Waals surface area contributed by atoms with Crippen molar-refractivity contribution >= 4 is 0 Å². The molecule has 0 aromatic heterocycles. The highest BCUT2D eigenvalue weighted by Crippen LogP contribution is 2.27. The minimum Gasteiger partial charge on any atom is -0.325 e. The first-order chi connectivity index (χ1) is 21.2. The van der Waals surface area contributed by atoms with E-state index in [0.717, 1.165) is 0 Å². The summed E-state index contributed by atoms with van der Waals surface area (Å²) in [7, 11) is 0. The molecule has 258 valence electrons. The maximum absolute atomic E-state index is 7.16. The Morgan fingerprint density at radius 2 is 0.512 bits per heavy atom. The molecule has 0 aromatic carbocycles. The van der Waals surface area contributed by atoms with Gasteiger partial charge in [0.25, 0.3) is 0 Å². The van der Waals surface area contributed by atoms with Crippen LogP contribution >= 0.6 is 0 Å². The quantitative estimate of drug-likeness (QED) is 0.0554. The Hall–Kier alpha value is -0.300. The molecule has 0 aliphatic heterocycles. The van der Waals surface area contributed by atoms with E-state index in [1.165, 1.54) is 231 Å². The fraction of sp³-hybridized carbons (Fsp3) is 0.952. The molecule has 0 saturated heterocycles. The van der Waals surface area contributed by atoms with Crippen LogP contribution in [0.1, 0.15) is 252 Å². The predicted octanol–water partition coefficient (Wildman–Crippen LogP) is 15.3. The Balaban J connectivity index is 4.07. The molecule has 0 aliphatic carbocycles. The Morgan fingerprint density at radius 1 is 0.302 bits per heavy atom. The van der Waals surface area contributed by atoms with Gasteiger partial charge in [-0.2, -0.15) is 0 Å². The van der Waals surface area contributed by atoms with Crippen molar-refractivity contribution < 1.29 is 0 Å². The minimum absolute atomic E-state index is 0.111. The summed E-state index contributed by atoms with van der Waals surface area (Å²) in [6.07, 6.45) is 55.1. The van der Waals surface area contributed by atoms with E-state index in [0.29, 0.717) is 0 Å². The molecule has 0 saturated carbocycles. The zero-order chi connectivity index (χ0) is 31.4. The molecule has 1 nitrogen and oxygen atoms in total. The lowest BCUT2D eigenvalue weighted by Gasteiger charge is -2.30. The summed E-state index contributed by atoms with van der Waals surface area (Å²) in [5.74, 6) is 0. The van der Waals surface area contributed by atoms with Crippen LogP contribution in [0.2, 0.25) is 0 Å². The van der Waals surface area contributed by atoms with E-state index in [1.807, 2.05) is 0 Å². The van der Waals surface area contributed by atoms with Crippen molar-refractivity contribution in [2.75, 3.05) is 0 Å². The van der Waals surface area contributed by atoms with E-state index in [-0.39, 0.29) is 5.54 Å². The first kappa shape index (κ1) is 42.7. The van der Waals surface area contributed by atoms with Crippen molar-refractivity contribution in [2.45, 2.75) is 257 Å². The number of hydrogen-bond donors (Lipinski definition) is 1. The molecular formula is C42H85N. The Labute approximate surface area is 274 Å². The van der Waals surface area contributed by atoms with E-state index in [2.05, 4.69) is 32.9 Å². The van der Waals surface area contributed by atoms with Crippen LogP contribution in [0.3, 0.4) is 0 Å². The number of rotatable bonds is 37. The number of hydrogen-bond acceptors (Lipinski definition) is 1. The van der Waals surface area contributed by atoms with Crippen molar-refractivity contribution in [2.24, 2.45) is 5.73 Å². The molecule has 0 radical (unpaired) electrons. The van der Waals surface area contributed by atoms with Crippen LogP contribution in [0.15, 0.2) is 12.2 Å². The first-order valence-electron chi connectivity index (χ1n) is 20.6. The summed E-state index contributed by atoms with van der Waals surface area (Å²) in [6, 6.07) is 0. The lowest BCUT2D eigenvalue weighted by Crippen LogP contribution is -2.39. The van der Waals surface area contributed by atoms with Crippen molar-refractivity contribution in [3.05, 3.63) is 12.2 Å². The molecule has 1 heteroatoms. The highest BCUT2D eigenvalue weighted by molar-refractivity contribution is 4.84. The van der Waals surface area contributed by atoms with Gasteiger partial charge in [-0.1, -0.05) is 219 Å². The molecular weight excluding hydrogens is 518 g/mol. The molecule has 0 fully saturated rings. The molecule has 2 N–H and O–H groups in total. The van der Waals surface area contributed by atoms with E-state index < -0.39 is 0 Å². The normalized spacial score (nSPS) is 12.2. The maximum Gasteiger partial charge on any atom is 0.0154 e. The summed E-state index contributed by atoms with van der Waals surface area (Å²) in [4.78, 5) is 0. The zero-order valence-electron chi connectivity index (χ0n) is 30.7. The van der Waals surface area contributed by atoms with Gasteiger partial charge in [-0.3, -0.25) is 0 Å². The van der Waals surface area contributed by atoms with Gasteiger partial charge in [0.05, 0.1) is 0 Å². The van der Waals surface area contributed by atoms with Gasteiger partial charge in [0, 0.05) is 5.54 Å².